The number of nitrogens with zero attached hydrogens (tertiary/aromatic N) is 1. The van der Waals surface area contributed by atoms with Crippen LogP contribution in [0.3, 0.4) is 0 Å². The third-order valence-electron chi connectivity index (χ3n) is 2.77. The molecule has 0 aliphatic carbocycles. The van der Waals surface area contributed by atoms with Gasteiger partial charge in [-0.2, -0.15) is 5.26 Å². The van der Waals surface area contributed by atoms with Gasteiger partial charge in [0.15, 0.2) is 0 Å². The van der Waals surface area contributed by atoms with Crippen molar-refractivity contribution >= 4 is 10.8 Å². The molecule has 0 radical (unpaired) electrons. The second-order valence-electron chi connectivity index (χ2n) is 3.85. The first-order valence-electron chi connectivity index (χ1n) is 5.37. The van der Waals surface area contributed by atoms with E-state index in [4.69, 9.17) is 5.26 Å². The van der Waals surface area contributed by atoms with E-state index in [9.17, 15) is 0 Å². The Morgan fingerprint density at radius 2 is 1.88 bits per heavy atom. The fourth-order valence-electron chi connectivity index (χ4n) is 1.94. The fraction of sp³-hybridized carbons (Fsp3) is 0.133. The van der Waals surface area contributed by atoms with Crippen LogP contribution in [0.25, 0.3) is 10.8 Å². The van der Waals surface area contributed by atoms with Gasteiger partial charge in [0.1, 0.15) is 0 Å². The first-order valence-corrected chi connectivity index (χ1v) is 5.37. The van der Waals surface area contributed by atoms with Gasteiger partial charge >= 0.3 is 0 Å². The molecule has 2 rings (SSSR count). The van der Waals surface area contributed by atoms with Crippen LogP contribution >= 0.6 is 0 Å². The number of hydrogen-bond acceptors (Lipinski definition) is 1. The summed E-state index contributed by atoms with van der Waals surface area (Å²) in [7, 11) is 0. The smallest absolute Gasteiger partial charge is 0.0908 e. The summed E-state index contributed by atoms with van der Waals surface area (Å²) in [6.07, 6.45) is 3.48. The molecule has 0 spiro atoms. The van der Waals surface area contributed by atoms with E-state index < -0.39 is 0 Å². The van der Waals surface area contributed by atoms with Crippen molar-refractivity contribution in [3.8, 4) is 6.07 Å². The Bertz CT molecular complexity index is 556. The SMILES string of the molecule is CC(/C=C/C#N)c1cccc2ccccc12. The molecule has 0 N–H and O–H groups in total. The lowest BCUT2D eigenvalue weighted by Gasteiger charge is -2.10. The van der Waals surface area contributed by atoms with Crippen LogP contribution in [0.15, 0.2) is 54.6 Å². The van der Waals surface area contributed by atoms with Crippen molar-refractivity contribution in [2.75, 3.05) is 0 Å². The number of fused-ring (bicyclic) bond motifs is 1. The molecule has 0 amide bonds. The highest BCUT2D eigenvalue weighted by molar-refractivity contribution is 5.86. The molecule has 0 aromatic heterocycles. The third kappa shape index (κ3) is 1.97. The van der Waals surface area contributed by atoms with Gasteiger partial charge in [-0.1, -0.05) is 55.5 Å². The molecular weight excluding hydrogens is 194 g/mol. The van der Waals surface area contributed by atoms with E-state index >= 15 is 0 Å². The second-order valence-corrected chi connectivity index (χ2v) is 3.85. The fourth-order valence-corrected chi connectivity index (χ4v) is 1.94. The molecule has 0 saturated carbocycles. The van der Waals surface area contributed by atoms with Crippen molar-refractivity contribution in [1.29, 1.82) is 5.26 Å². The van der Waals surface area contributed by atoms with Crippen molar-refractivity contribution in [2.24, 2.45) is 0 Å². The van der Waals surface area contributed by atoms with Gasteiger partial charge in [-0.05, 0) is 16.3 Å². The zero-order valence-electron chi connectivity index (χ0n) is 9.22. The van der Waals surface area contributed by atoms with Crippen LogP contribution in [0.2, 0.25) is 0 Å². The number of allylic oxidation sites excluding steroid dienone is 2. The summed E-state index contributed by atoms with van der Waals surface area (Å²) in [6, 6.07) is 16.7. The van der Waals surface area contributed by atoms with Crippen LogP contribution in [0.5, 0.6) is 0 Å². The van der Waals surface area contributed by atoms with Gasteiger partial charge in [-0.15, -0.1) is 0 Å². The lowest BCUT2D eigenvalue weighted by Crippen LogP contribution is -1.90. The number of rotatable bonds is 2. The van der Waals surface area contributed by atoms with Crippen LogP contribution in [0.1, 0.15) is 18.4 Å². The van der Waals surface area contributed by atoms with Crippen LogP contribution < -0.4 is 0 Å². The Labute approximate surface area is 95.6 Å². The van der Waals surface area contributed by atoms with E-state index in [1.165, 1.54) is 16.3 Å². The van der Waals surface area contributed by atoms with Crippen LogP contribution in [0.4, 0.5) is 0 Å². The molecule has 78 valence electrons. The van der Waals surface area contributed by atoms with Crippen LogP contribution in [-0.4, -0.2) is 0 Å². The number of nitriles is 1. The summed E-state index contributed by atoms with van der Waals surface area (Å²) in [4.78, 5) is 0. The predicted molar refractivity (Wildman–Crippen MR) is 67.1 cm³/mol. The molecule has 1 unspecified atom stereocenters. The van der Waals surface area contributed by atoms with E-state index in [-0.39, 0.29) is 5.92 Å². The molecule has 1 heteroatoms. The maximum atomic E-state index is 8.54. The number of benzene rings is 2. The van der Waals surface area contributed by atoms with E-state index in [1.807, 2.05) is 24.3 Å². The van der Waals surface area contributed by atoms with Crippen molar-refractivity contribution < 1.29 is 0 Å². The van der Waals surface area contributed by atoms with Gasteiger partial charge in [-0.3, -0.25) is 0 Å². The highest BCUT2D eigenvalue weighted by Gasteiger charge is 2.05. The van der Waals surface area contributed by atoms with Crippen molar-refractivity contribution in [2.45, 2.75) is 12.8 Å². The summed E-state index contributed by atoms with van der Waals surface area (Å²) in [6.45, 7) is 2.11. The van der Waals surface area contributed by atoms with E-state index in [2.05, 4.69) is 37.3 Å². The monoisotopic (exact) mass is 207 g/mol. The Balaban J connectivity index is 2.53. The predicted octanol–water partition coefficient (Wildman–Crippen LogP) is 4.02. The first-order chi connectivity index (χ1) is 7.83. The average Bonchev–Trinajstić information content (AvgIpc) is 2.35. The lowest BCUT2D eigenvalue weighted by molar-refractivity contribution is 0.980. The molecule has 1 atom stereocenters. The largest absolute Gasteiger partial charge is 0.193 e. The van der Waals surface area contributed by atoms with Gasteiger partial charge < -0.3 is 0 Å². The molecule has 16 heavy (non-hydrogen) atoms. The highest BCUT2D eigenvalue weighted by Crippen LogP contribution is 2.26. The average molecular weight is 207 g/mol. The summed E-state index contributed by atoms with van der Waals surface area (Å²) >= 11 is 0. The van der Waals surface area contributed by atoms with Gasteiger partial charge in [0, 0.05) is 12.0 Å². The summed E-state index contributed by atoms with van der Waals surface area (Å²) in [5.74, 6) is 0.269. The molecule has 0 aliphatic heterocycles. The zero-order chi connectivity index (χ0) is 11.4. The normalized spacial score (nSPS) is 12.8. The Morgan fingerprint density at radius 3 is 2.69 bits per heavy atom. The van der Waals surface area contributed by atoms with Crippen LogP contribution in [-0.2, 0) is 0 Å². The molecule has 0 fully saturated rings. The molecule has 0 bridgehead atoms. The number of hydrogen-bond donors (Lipinski definition) is 0. The molecule has 2 aromatic rings. The molecule has 2 aromatic carbocycles. The standard InChI is InChI=1S/C15H13N/c1-12(6-5-11-16)14-10-4-8-13-7-2-3-9-15(13)14/h2-10,12H,1H3/b6-5+. The zero-order valence-corrected chi connectivity index (χ0v) is 9.22. The summed E-state index contributed by atoms with van der Waals surface area (Å²) in [5, 5.41) is 11.0. The van der Waals surface area contributed by atoms with E-state index in [0.717, 1.165) is 0 Å². The van der Waals surface area contributed by atoms with Gasteiger partial charge in [-0.25, -0.2) is 0 Å². The first kappa shape index (κ1) is 10.4. The lowest BCUT2D eigenvalue weighted by atomic mass is 9.94. The Kier molecular flexibility index (Phi) is 3.03. The quantitative estimate of drug-likeness (QED) is 0.682. The molecule has 0 aliphatic rings. The highest BCUT2D eigenvalue weighted by atomic mass is 14.2. The maximum absolute atomic E-state index is 8.54. The second kappa shape index (κ2) is 4.63. The van der Waals surface area contributed by atoms with Gasteiger partial charge in [0.25, 0.3) is 0 Å². The third-order valence-corrected chi connectivity index (χ3v) is 2.77. The Morgan fingerprint density at radius 1 is 1.12 bits per heavy atom. The van der Waals surface area contributed by atoms with Crippen molar-refractivity contribution in [3.05, 3.63) is 60.2 Å². The van der Waals surface area contributed by atoms with Gasteiger partial charge in [0.05, 0.1) is 6.07 Å². The van der Waals surface area contributed by atoms with Gasteiger partial charge in [0.2, 0.25) is 0 Å². The topological polar surface area (TPSA) is 23.8 Å². The summed E-state index contributed by atoms with van der Waals surface area (Å²) < 4.78 is 0. The minimum Gasteiger partial charge on any atom is -0.193 e. The van der Waals surface area contributed by atoms with E-state index in [1.54, 1.807) is 6.08 Å². The Hall–Kier alpha value is -2.07. The van der Waals surface area contributed by atoms with Crippen molar-refractivity contribution in [1.82, 2.24) is 0 Å². The van der Waals surface area contributed by atoms with Crippen molar-refractivity contribution in [3.63, 3.8) is 0 Å². The molecule has 0 heterocycles. The molecule has 0 saturated heterocycles. The molecule has 1 nitrogen and oxygen atoms in total. The van der Waals surface area contributed by atoms with Crippen LogP contribution in [0, 0.1) is 11.3 Å². The summed E-state index contributed by atoms with van der Waals surface area (Å²) in [5.41, 5.74) is 1.27. The maximum Gasteiger partial charge on any atom is 0.0908 e. The minimum atomic E-state index is 0.269. The molecular formula is C15H13N. The minimum absolute atomic E-state index is 0.269. The van der Waals surface area contributed by atoms with E-state index in [0.29, 0.717) is 0 Å².